The van der Waals surface area contributed by atoms with Gasteiger partial charge in [0.2, 0.25) is 0 Å². The summed E-state index contributed by atoms with van der Waals surface area (Å²) in [6.07, 6.45) is 0. The third-order valence-electron chi connectivity index (χ3n) is 2.14. The van der Waals surface area contributed by atoms with Crippen molar-refractivity contribution < 1.29 is 73.9 Å². The predicted molar refractivity (Wildman–Crippen MR) is 59.4 cm³/mol. The molecule has 18 heavy (non-hydrogen) atoms. The fraction of sp³-hybridized carbons (Fsp3) is 0.300. The molecule has 0 aliphatic carbocycles. The van der Waals surface area contributed by atoms with Gasteiger partial charge in [-0.15, -0.1) is 5.46 Å². The Bertz CT molecular complexity index is 384. The van der Waals surface area contributed by atoms with Crippen LogP contribution in [0.5, 0.6) is 0 Å². The number of hydrogen-bond acceptors (Lipinski definition) is 2. The van der Waals surface area contributed by atoms with Gasteiger partial charge in [0.05, 0.1) is 6.61 Å². The molecule has 1 rings (SSSR count). The molecule has 0 bridgehead atoms. The van der Waals surface area contributed by atoms with Gasteiger partial charge >= 0.3 is 58.4 Å². The quantitative estimate of drug-likeness (QED) is 0.508. The topological polar surface area (TPSA) is 38.3 Å². The third-order valence-corrected chi connectivity index (χ3v) is 2.14. The van der Waals surface area contributed by atoms with Crippen LogP contribution >= 0.6 is 0 Å². The van der Waals surface area contributed by atoms with Crippen molar-refractivity contribution in [2.75, 3.05) is 20.3 Å². The van der Waals surface area contributed by atoms with Crippen molar-refractivity contribution in [3.05, 3.63) is 29.8 Å². The van der Waals surface area contributed by atoms with Crippen LogP contribution in [-0.4, -0.2) is 33.1 Å². The van der Waals surface area contributed by atoms with Gasteiger partial charge in [0.1, 0.15) is 0 Å². The second-order valence-corrected chi connectivity index (χ2v) is 3.45. The van der Waals surface area contributed by atoms with Crippen LogP contribution in [0.3, 0.4) is 0 Å². The van der Waals surface area contributed by atoms with Crippen molar-refractivity contribution in [2.24, 2.45) is 0 Å². The summed E-state index contributed by atoms with van der Waals surface area (Å²) in [5, 5.41) is 2.52. The summed E-state index contributed by atoms with van der Waals surface area (Å²) in [5.74, 6) is -0.414. The van der Waals surface area contributed by atoms with Crippen LogP contribution in [0.25, 0.3) is 0 Å². The minimum Gasteiger partial charge on any atom is -0.445 e. The van der Waals surface area contributed by atoms with E-state index < -0.39 is 18.3 Å². The number of nitrogens with one attached hydrogen (secondary N) is 1. The number of carbonyl (C=O) groups excluding carboxylic acids is 1. The van der Waals surface area contributed by atoms with Crippen molar-refractivity contribution in [2.45, 2.75) is 0 Å². The number of halogens is 3. The van der Waals surface area contributed by atoms with Crippen LogP contribution in [-0.2, 0) is 4.74 Å². The second kappa shape index (κ2) is 8.34. The molecular formula is C10H12BF3KNO2. The smallest absolute Gasteiger partial charge is 0.445 e. The van der Waals surface area contributed by atoms with Gasteiger partial charge in [-0.2, -0.15) is 0 Å². The molecule has 1 aromatic rings. The maximum atomic E-state index is 12.3. The Labute approximate surface area is 146 Å². The zero-order valence-electron chi connectivity index (χ0n) is 10.3. The average Bonchev–Trinajstić information content (AvgIpc) is 2.28. The average molecular weight is 285 g/mol. The van der Waals surface area contributed by atoms with Crippen molar-refractivity contribution in [3.63, 3.8) is 0 Å². The first kappa shape index (κ1) is 18.1. The molecule has 0 fully saturated rings. The van der Waals surface area contributed by atoms with E-state index in [9.17, 15) is 17.7 Å². The van der Waals surface area contributed by atoms with Gasteiger partial charge in [0.15, 0.2) is 0 Å². The van der Waals surface area contributed by atoms with Gasteiger partial charge in [-0.1, -0.05) is 24.3 Å². The Morgan fingerprint density at radius 3 is 2.28 bits per heavy atom. The molecule has 8 heteroatoms. The van der Waals surface area contributed by atoms with E-state index in [1.807, 2.05) is 0 Å². The first-order valence-corrected chi connectivity index (χ1v) is 5.02. The van der Waals surface area contributed by atoms with Crippen LogP contribution < -0.4 is 62.2 Å². The molecule has 0 unspecified atom stereocenters. The molecule has 0 radical (unpaired) electrons. The number of carbonyl (C=O) groups is 1. The van der Waals surface area contributed by atoms with Gasteiger partial charge in [-0.05, 0) is 0 Å². The van der Waals surface area contributed by atoms with Crippen LogP contribution in [0.1, 0.15) is 10.4 Å². The van der Waals surface area contributed by atoms with E-state index in [1.165, 1.54) is 7.11 Å². The first-order valence-electron chi connectivity index (χ1n) is 5.02. The fourth-order valence-corrected chi connectivity index (χ4v) is 1.22. The van der Waals surface area contributed by atoms with E-state index in [0.717, 1.165) is 24.3 Å². The van der Waals surface area contributed by atoms with Crippen molar-refractivity contribution >= 4 is 18.3 Å². The number of methoxy groups -OCH3 is 1. The van der Waals surface area contributed by atoms with E-state index in [2.05, 4.69) is 5.32 Å². The molecule has 0 aromatic heterocycles. The Morgan fingerprint density at radius 1 is 1.28 bits per heavy atom. The van der Waals surface area contributed by atoms with E-state index in [4.69, 9.17) is 4.74 Å². The summed E-state index contributed by atoms with van der Waals surface area (Å²) in [5.41, 5.74) is -0.511. The normalized spacial score (nSPS) is 10.7. The Hall–Kier alpha value is 0.141. The van der Waals surface area contributed by atoms with Crippen LogP contribution in [0.4, 0.5) is 12.9 Å². The Balaban J connectivity index is 0.00000289. The summed E-state index contributed by atoms with van der Waals surface area (Å²) < 4.78 is 41.7. The molecular weight excluding hydrogens is 273 g/mol. The van der Waals surface area contributed by atoms with Gasteiger partial charge in [-0.25, -0.2) is 0 Å². The van der Waals surface area contributed by atoms with Gasteiger partial charge in [-0.3, -0.25) is 4.79 Å². The van der Waals surface area contributed by atoms with Gasteiger partial charge < -0.3 is 23.0 Å². The molecule has 0 aliphatic rings. The fourth-order valence-electron chi connectivity index (χ4n) is 1.22. The maximum absolute atomic E-state index is 12.3. The molecule has 1 N–H and O–H groups in total. The van der Waals surface area contributed by atoms with Crippen molar-refractivity contribution in [1.82, 2.24) is 5.32 Å². The number of benzene rings is 1. The third kappa shape index (κ3) is 5.85. The van der Waals surface area contributed by atoms with E-state index in [1.54, 1.807) is 0 Å². The molecule has 0 heterocycles. The number of ether oxygens (including phenoxy) is 1. The minimum absolute atomic E-state index is 0. The number of amides is 1. The summed E-state index contributed by atoms with van der Waals surface area (Å²) in [7, 11) is 1.49. The monoisotopic (exact) mass is 285 g/mol. The molecule has 94 valence electrons. The molecule has 1 amide bonds. The standard InChI is InChI=1S/C10H12BF3NO2.K/c1-17-7-6-15-10(16)8-2-4-9(5-3-8)11(12,13)14;/h2-5H,6-7H2,1H3,(H,15,16);/q-1;+1. The van der Waals surface area contributed by atoms with E-state index in [-0.39, 0.29) is 56.9 Å². The molecule has 0 spiro atoms. The summed E-state index contributed by atoms with van der Waals surface area (Å²) in [6, 6.07) is 4.13. The van der Waals surface area contributed by atoms with Crippen LogP contribution in [0.2, 0.25) is 0 Å². The van der Waals surface area contributed by atoms with Gasteiger partial charge in [0.25, 0.3) is 5.91 Å². The van der Waals surface area contributed by atoms with Gasteiger partial charge in [0, 0.05) is 19.2 Å². The SMILES string of the molecule is COCCNC(=O)c1ccc([B-](F)(F)F)cc1.[K+]. The van der Waals surface area contributed by atoms with Crippen molar-refractivity contribution in [3.8, 4) is 0 Å². The molecule has 0 saturated heterocycles. The molecule has 0 saturated carbocycles. The summed E-state index contributed by atoms with van der Waals surface area (Å²) in [6.45, 7) is -4.33. The summed E-state index contributed by atoms with van der Waals surface area (Å²) in [4.78, 5) is 11.4. The minimum atomic E-state index is -5.01. The summed E-state index contributed by atoms with van der Waals surface area (Å²) >= 11 is 0. The van der Waals surface area contributed by atoms with E-state index >= 15 is 0 Å². The van der Waals surface area contributed by atoms with E-state index in [0.29, 0.717) is 13.2 Å². The Kier molecular flexibility index (Phi) is 8.41. The second-order valence-electron chi connectivity index (χ2n) is 3.45. The van der Waals surface area contributed by atoms with Crippen molar-refractivity contribution in [1.29, 1.82) is 0 Å². The maximum Gasteiger partial charge on any atom is 1.00 e. The zero-order chi connectivity index (χ0) is 12.9. The first-order chi connectivity index (χ1) is 7.95. The number of hydrogen-bond donors (Lipinski definition) is 1. The largest absolute Gasteiger partial charge is 1.00 e. The Morgan fingerprint density at radius 2 is 1.83 bits per heavy atom. The molecule has 3 nitrogen and oxygen atoms in total. The molecule has 0 atom stereocenters. The number of rotatable bonds is 5. The predicted octanol–water partition coefficient (Wildman–Crippen LogP) is -1.88. The van der Waals surface area contributed by atoms with Crippen LogP contribution in [0, 0.1) is 0 Å². The molecule has 0 aliphatic heterocycles. The van der Waals surface area contributed by atoms with Crippen LogP contribution in [0.15, 0.2) is 24.3 Å². The zero-order valence-corrected chi connectivity index (χ0v) is 13.4. The molecule has 1 aromatic carbocycles.